The van der Waals surface area contributed by atoms with Crippen molar-refractivity contribution >= 4 is 39.5 Å². The number of alkyl halides is 2. The first-order chi connectivity index (χ1) is 18.4. The first-order valence-electron chi connectivity index (χ1n) is 11.5. The number of thiophene rings is 1. The van der Waals surface area contributed by atoms with Crippen molar-refractivity contribution in [3.8, 4) is 0 Å². The molecule has 2 aromatic carbocycles. The van der Waals surface area contributed by atoms with Crippen LogP contribution in [0.15, 0.2) is 79.0 Å². The first-order valence-corrected chi connectivity index (χ1v) is 12.3. The third kappa shape index (κ3) is 7.10. The minimum atomic E-state index is -2.72. The van der Waals surface area contributed by atoms with E-state index in [0.29, 0.717) is 0 Å². The van der Waals surface area contributed by atoms with Gasteiger partial charge in [0.1, 0.15) is 19.3 Å². The molecular weight excluding hydrogens is 516 g/mol. The van der Waals surface area contributed by atoms with Gasteiger partial charge in [0.05, 0.1) is 15.1 Å². The van der Waals surface area contributed by atoms with Crippen LogP contribution in [0.2, 0.25) is 0 Å². The van der Waals surface area contributed by atoms with Crippen molar-refractivity contribution < 1.29 is 32.6 Å². The van der Waals surface area contributed by atoms with Crippen molar-refractivity contribution in [1.29, 1.82) is 0 Å². The molecule has 0 saturated carbocycles. The summed E-state index contributed by atoms with van der Waals surface area (Å²) in [6.07, 6.45) is -2.34. The van der Waals surface area contributed by atoms with Crippen LogP contribution in [0.1, 0.15) is 32.8 Å². The normalized spacial score (nSPS) is 11.7. The average Bonchev–Trinajstić information content (AvgIpc) is 3.38. The van der Waals surface area contributed by atoms with E-state index in [2.05, 4.69) is 15.6 Å². The van der Waals surface area contributed by atoms with Crippen LogP contribution < -0.4 is 10.6 Å². The Morgan fingerprint density at radius 3 is 2.16 bits per heavy atom. The van der Waals surface area contributed by atoms with Crippen LogP contribution in [0.5, 0.6) is 0 Å². The molecule has 2 heterocycles. The number of aromatic nitrogens is 1. The summed E-state index contributed by atoms with van der Waals surface area (Å²) in [7, 11) is 0. The van der Waals surface area contributed by atoms with Crippen LogP contribution in [0.25, 0.3) is 10.2 Å². The number of halogens is 2. The molecule has 2 aromatic heterocycles. The van der Waals surface area contributed by atoms with E-state index in [-0.39, 0.29) is 40.4 Å². The van der Waals surface area contributed by atoms with Gasteiger partial charge in [-0.2, -0.15) is 0 Å². The third-order valence-electron chi connectivity index (χ3n) is 5.38. The van der Waals surface area contributed by atoms with E-state index in [4.69, 9.17) is 9.47 Å². The van der Waals surface area contributed by atoms with Crippen LogP contribution >= 0.6 is 11.3 Å². The van der Waals surface area contributed by atoms with Gasteiger partial charge in [-0.1, -0.05) is 60.7 Å². The number of nitrogens with zero attached hydrogens (tertiary/aromatic N) is 1. The van der Waals surface area contributed by atoms with Crippen molar-refractivity contribution in [2.24, 2.45) is 0 Å². The number of esters is 1. The maximum absolute atomic E-state index is 13.3. The third-order valence-corrected chi connectivity index (χ3v) is 6.55. The van der Waals surface area contributed by atoms with Gasteiger partial charge in [-0.3, -0.25) is 9.78 Å². The molecule has 38 heavy (non-hydrogen) atoms. The molecule has 0 radical (unpaired) electrons. The van der Waals surface area contributed by atoms with Crippen LogP contribution in [0.3, 0.4) is 0 Å². The fourth-order valence-corrected chi connectivity index (χ4v) is 4.50. The lowest BCUT2D eigenvalue weighted by molar-refractivity contribution is -0.147. The molecule has 0 aliphatic heterocycles. The van der Waals surface area contributed by atoms with Gasteiger partial charge in [-0.15, -0.1) is 11.3 Å². The van der Waals surface area contributed by atoms with E-state index >= 15 is 0 Å². The summed E-state index contributed by atoms with van der Waals surface area (Å²) in [5.74, 6) is -1.41. The SMILES string of the molecule is O=C(NC(CNC(=O)c1cc2nccc(C(F)F)c2s1)C(=O)OCc1ccccc1)OCc1ccccc1. The van der Waals surface area contributed by atoms with Crippen LogP contribution in [-0.2, 0) is 27.5 Å². The molecule has 1 atom stereocenters. The summed E-state index contributed by atoms with van der Waals surface area (Å²) < 4.78 is 37.4. The highest BCUT2D eigenvalue weighted by Crippen LogP contribution is 2.32. The Bertz CT molecular complexity index is 1400. The zero-order valence-corrected chi connectivity index (χ0v) is 20.8. The number of pyridine rings is 1. The van der Waals surface area contributed by atoms with Crippen molar-refractivity contribution in [2.75, 3.05) is 6.54 Å². The molecule has 2 amide bonds. The molecule has 0 spiro atoms. The molecule has 0 saturated heterocycles. The number of alkyl carbamates (subject to hydrolysis) is 1. The van der Waals surface area contributed by atoms with E-state index in [1.165, 1.54) is 18.3 Å². The Kier molecular flexibility index (Phi) is 8.94. The van der Waals surface area contributed by atoms with Gasteiger partial charge in [0.25, 0.3) is 12.3 Å². The number of ether oxygens (including phenoxy) is 2. The van der Waals surface area contributed by atoms with E-state index in [0.717, 1.165) is 22.5 Å². The van der Waals surface area contributed by atoms with Gasteiger partial charge >= 0.3 is 12.1 Å². The number of hydrogen-bond donors (Lipinski definition) is 2. The van der Waals surface area contributed by atoms with Crippen molar-refractivity contribution in [1.82, 2.24) is 15.6 Å². The molecule has 8 nitrogen and oxygen atoms in total. The Morgan fingerprint density at radius 2 is 1.53 bits per heavy atom. The molecule has 4 aromatic rings. The second kappa shape index (κ2) is 12.7. The van der Waals surface area contributed by atoms with E-state index in [1.807, 2.05) is 12.1 Å². The minimum absolute atomic E-state index is 0.0218. The molecule has 1 unspecified atom stereocenters. The van der Waals surface area contributed by atoms with Crippen molar-refractivity contribution in [2.45, 2.75) is 25.7 Å². The maximum Gasteiger partial charge on any atom is 0.408 e. The summed E-state index contributed by atoms with van der Waals surface area (Å²) in [5.41, 5.74) is 1.53. The van der Waals surface area contributed by atoms with Crippen molar-refractivity contribution in [3.05, 3.63) is 101 Å². The smallest absolute Gasteiger partial charge is 0.408 e. The molecule has 0 aliphatic rings. The van der Waals surface area contributed by atoms with Gasteiger partial charge in [0, 0.05) is 18.3 Å². The second-order valence-corrected chi connectivity index (χ2v) is 9.14. The zero-order chi connectivity index (χ0) is 26.9. The first kappa shape index (κ1) is 26.7. The lowest BCUT2D eigenvalue weighted by atomic mass is 10.2. The fraction of sp³-hybridized carbons (Fsp3) is 0.185. The standard InChI is InChI=1S/C27H23F2N3O5S/c28-24(29)19-11-12-30-20-13-22(38-23(19)20)25(33)31-14-21(26(34)36-15-17-7-3-1-4-8-17)32-27(35)37-16-18-9-5-2-6-10-18/h1-13,21,24H,14-16H2,(H,31,33)(H,32,35). The number of amides is 2. The van der Waals surface area contributed by atoms with Crippen LogP contribution in [0, 0.1) is 0 Å². The Labute approximate surface area is 220 Å². The number of benzene rings is 2. The molecule has 2 N–H and O–H groups in total. The number of hydrogen-bond acceptors (Lipinski definition) is 7. The molecule has 0 bridgehead atoms. The highest BCUT2D eigenvalue weighted by Gasteiger charge is 2.25. The predicted octanol–water partition coefficient (Wildman–Crippen LogP) is 5.00. The van der Waals surface area contributed by atoms with Gasteiger partial charge in [-0.05, 0) is 23.3 Å². The van der Waals surface area contributed by atoms with Gasteiger partial charge < -0.3 is 20.1 Å². The molecule has 196 valence electrons. The van der Waals surface area contributed by atoms with Gasteiger partial charge in [-0.25, -0.2) is 18.4 Å². The highest BCUT2D eigenvalue weighted by molar-refractivity contribution is 7.21. The number of rotatable bonds is 10. The quantitative estimate of drug-likeness (QED) is 0.275. The van der Waals surface area contributed by atoms with E-state index in [1.54, 1.807) is 48.5 Å². The Morgan fingerprint density at radius 1 is 0.895 bits per heavy atom. The summed E-state index contributed by atoms with van der Waals surface area (Å²) in [6, 6.07) is 19.2. The fourth-order valence-electron chi connectivity index (χ4n) is 3.45. The number of carbonyl (C=O) groups excluding carboxylic acids is 3. The maximum atomic E-state index is 13.3. The monoisotopic (exact) mass is 539 g/mol. The number of fused-ring (bicyclic) bond motifs is 1. The second-order valence-electron chi connectivity index (χ2n) is 8.09. The number of carbonyl (C=O) groups is 3. The Balaban J connectivity index is 1.42. The number of nitrogens with one attached hydrogen (secondary N) is 2. The predicted molar refractivity (Wildman–Crippen MR) is 137 cm³/mol. The lowest BCUT2D eigenvalue weighted by Crippen LogP contribution is -2.49. The summed E-state index contributed by atoms with van der Waals surface area (Å²) >= 11 is 0.865. The molecule has 0 aliphatic carbocycles. The average molecular weight is 540 g/mol. The molecular formula is C27H23F2N3O5S. The zero-order valence-electron chi connectivity index (χ0n) is 19.9. The summed E-state index contributed by atoms with van der Waals surface area (Å²) in [4.78, 5) is 42.2. The van der Waals surface area contributed by atoms with Gasteiger partial charge in [0.15, 0.2) is 0 Å². The van der Waals surface area contributed by atoms with E-state index < -0.39 is 30.4 Å². The topological polar surface area (TPSA) is 107 Å². The summed E-state index contributed by atoms with van der Waals surface area (Å²) in [5, 5.41) is 4.97. The Hall–Kier alpha value is -4.38. The highest BCUT2D eigenvalue weighted by atomic mass is 32.1. The molecule has 0 fully saturated rings. The van der Waals surface area contributed by atoms with Crippen LogP contribution in [-0.4, -0.2) is 35.5 Å². The van der Waals surface area contributed by atoms with Crippen molar-refractivity contribution in [3.63, 3.8) is 0 Å². The largest absolute Gasteiger partial charge is 0.459 e. The minimum Gasteiger partial charge on any atom is -0.459 e. The lowest BCUT2D eigenvalue weighted by Gasteiger charge is -2.18. The van der Waals surface area contributed by atoms with Crippen LogP contribution in [0.4, 0.5) is 13.6 Å². The summed E-state index contributed by atoms with van der Waals surface area (Å²) in [6.45, 7) is -0.383. The molecule has 11 heteroatoms. The molecule has 4 rings (SSSR count). The van der Waals surface area contributed by atoms with Gasteiger partial charge in [0.2, 0.25) is 0 Å². The van der Waals surface area contributed by atoms with E-state index in [9.17, 15) is 23.2 Å².